The number of halogens is 2. The van der Waals surface area contributed by atoms with Gasteiger partial charge in [-0.1, -0.05) is 33.6 Å². The maximum atomic E-state index is 9.55. The smallest absolute Gasteiger partial charge is 0.109 e. The first-order chi connectivity index (χ1) is 6.56. The second-order valence-electron chi connectivity index (χ2n) is 2.86. The van der Waals surface area contributed by atoms with Gasteiger partial charge in [-0.25, -0.2) is 0 Å². The van der Waals surface area contributed by atoms with Crippen LogP contribution < -0.4 is 0 Å². The zero-order valence-corrected chi connectivity index (χ0v) is 9.53. The first-order valence-electron chi connectivity index (χ1n) is 3.98. The van der Waals surface area contributed by atoms with E-state index in [1.807, 2.05) is 0 Å². The van der Waals surface area contributed by atoms with Crippen LogP contribution in [-0.2, 0) is 0 Å². The molecule has 2 atom stereocenters. The quantitative estimate of drug-likeness (QED) is 0.787. The maximum absolute atomic E-state index is 9.55. The number of rotatable bonds is 3. The number of hydrogen-bond acceptors (Lipinski definition) is 3. The molecule has 1 rings (SSSR count). The Kier molecular flexibility index (Phi) is 4.34. The molecule has 3 nitrogen and oxygen atoms in total. The molecule has 0 aromatic heterocycles. The van der Waals surface area contributed by atoms with Gasteiger partial charge in [-0.05, 0) is 12.1 Å². The number of hydrogen-bond donors (Lipinski definition) is 3. The second-order valence-corrected chi connectivity index (χ2v) is 4.18. The average Bonchev–Trinajstić information content (AvgIpc) is 2.15. The van der Waals surface area contributed by atoms with Gasteiger partial charge < -0.3 is 15.3 Å². The van der Waals surface area contributed by atoms with Crippen LogP contribution in [0.3, 0.4) is 0 Å². The molecule has 3 N–H and O–H groups in total. The van der Waals surface area contributed by atoms with Gasteiger partial charge in [-0.15, -0.1) is 0 Å². The molecule has 0 bridgehead atoms. The Bertz CT molecular complexity index is 319. The van der Waals surface area contributed by atoms with Crippen molar-refractivity contribution in [3.8, 4) is 0 Å². The first kappa shape index (κ1) is 11.9. The molecule has 0 fully saturated rings. The summed E-state index contributed by atoms with van der Waals surface area (Å²) in [6.07, 6.45) is -2.38. The van der Waals surface area contributed by atoms with E-state index in [-0.39, 0.29) is 0 Å². The van der Waals surface area contributed by atoms with E-state index in [4.69, 9.17) is 16.7 Å². The maximum Gasteiger partial charge on any atom is 0.109 e. The molecule has 0 spiro atoms. The largest absolute Gasteiger partial charge is 0.394 e. The van der Waals surface area contributed by atoms with E-state index in [0.29, 0.717) is 10.6 Å². The van der Waals surface area contributed by atoms with Gasteiger partial charge in [0.1, 0.15) is 12.2 Å². The Balaban J connectivity index is 2.95. The molecule has 14 heavy (non-hydrogen) atoms. The van der Waals surface area contributed by atoms with Crippen molar-refractivity contribution in [2.45, 2.75) is 12.2 Å². The Morgan fingerprint density at radius 2 is 2.00 bits per heavy atom. The van der Waals surface area contributed by atoms with Crippen LogP contribution in [0.1, 0.15) is 11.7 Å². The van der Waals surface area contributed by atoms with E-state index >= 15 is 0 Å². The third-order valence-electron chi connectivity index (χ3n) is 1.83. The van der Waals surface area contributed by atoms with Gasteiger partial charge in [0, 0.05) is 15.1 Å². The highest BCUT2D eigenvalue weighted by molar-refractivity contribution is 9.10. The molecular formula is C9H10BrClO3. The van der Waals surface area contributed by atoms with Gasteiger partial charge >= 0.3 is 0 Å². The molecule has 0 saturated carbocycles. The topological polar surface area (TPSA) is 60.7 Å². The van der Waals surface area contributed by atoms with Crippen LogP contribution in [0.2, 0.25) is 5.02 Å². The van der Waals surface area contributed by atoms with Crippen molar-refractivity contribution in [3.63, 3.8) is 0 Å². The fourth-order valence-electron chi connectivity index (χ4n) is 1.05. The van der Waals surface area contributed by atoms with Gasteiger partial charge in [0.15, 0.2) is 0 Å². The number of benzene rings is 1. The highest BCUT2D eigenvalue weighted by Gasteiger charge is 2.19. The predicted octanol–water partition coefficient (Wildman–Crippen LogP) is 1.49. The lowest BCUT2D eigenvalue weighted by Crippen LogP contribution is -2.22. The Hall–Kier alpha value is -0.130. The fraction of sp³-hybridized carbons (Fsp3) is 0.333. The zero-order valence-electron chi connectivity index (χ0n) is 7.19. The van der Waals surface area contributed by atoms with E-state index < -0.39 is 18.8 Å². The minimum Gasteiger partial charge on any atom is -0.394 e. The van der Waals surface area contributed by atoms with E-state index in [9.17, 15) is 10.2 Å². The highest BCUT2D eigenvalue weighted by Crippen LogP contribution is 2.28. The first-order valence-corrected chi connectivity index (χ1v) is 5.15. The van der Waals surface area contributed by atoms with Gasteiger partial charge in [0.05, 0.1) is 6.61 Å². The van der Waals surface area contributed by atoms with Crippen molar-refractivity contribution in [2.75, 3.05) is 6.61 Å². The van der Waals surface area contributed by atoms with Crippen molar-refractivity contribution in [1.82, 2.24) is 0 Å². The summed E-state index contributed by atoms with van der Waals surface area (Å²) in [6.45, 7) is -0.506. The molecule has 0 saturated heterocycles. The molecule has 5 heteroatoms. The number of aliphatic hydroxyl groups is 3. The SMILES string of the molecule is OCC(O)C(O)c1ccc(Br)cc1Cl. The summed E-state index contributed by atoms with van der Waals surface area (Å²) in [5.74, 6) is 0. The molecule has 0 heterocycles. The Labute approximate surface area is 95.1 Å². The van der Waals surface area contributed by atoms with Crippen LogP contribution >= 0.6 is 27.5 Å². The highest BCUT2D eigenvalue weighted by atomic mass is 79.9. The van der Waals surface area contributed by atoms with Crippen LogP contribution in [0.15, 0.2) is 22.7 Å². The van der Waals surface area contributed by atoms with E-state index in [2.05, 4.69) is 15.9 Å². The normalized spacial score (nSPS) is 15.2. The minimum absolute atomic E-state index is 0.347. The van der Waals surface area contributed by atoms with Gasteiger partial charge in [0.2, 0.25) is 0 Å². The third kappa shape index (κ3) is 2.68. The summed E-state index contributed by atoms with van der Waals surface area (Å²) in [6, 6.07) is 4.91. The fourth-order valence-corrected chi connectivity index (χ4v) is 1.83. The summed E-state index contributed by atoms with van der Waals surface area (Å²) in [5, 5.41) is 27.8. The van der Waals surface area contributed by atoms with Crippen molar-refractivity contribution in [1.29, 1.82) is 0 Å². The molecule has 2 unspecified atom stereocenters. The number of aliphatic hydroxyl groups excluding tert-OH is 3. The Morgan fingerprint density at radius 1 is 1.36 bits per heavy atom. The lowest BCUT2D eigenvalue weighted by atomic mass is 10.1. The van der Waals surface area contributed by atoms with Crippen LogP contribution in [0.5, 0.6) is 0 Å². The minimum atomic E-state index is -1.21. The summed E-state index contributed by atoms with van der Waals surface area (Å²) in [4.78, 5) is 0. The van der Waals surface area contributed by atoms with Gasteiger partial charge in [0.25, 0.3) is 0 Å². The lowest BCUT2D eigenvalue weighted by Gasteiger charge is -2.17. The summed E-state index contributed by atoms with van der Waals surface area (Å²) >= 11 is 9.06. The van der Waals surface area contributed by atoms with Crippen molar-refractivity contribution >= 4 is 27.5 Å². The van der Waals surface area contributed by atoms with Crippen LogP contribution in [-0.4, -0.2) is 28.0 Å². The van der Waals surface area contributed by atoms with E-state index in [1.54, 1.807) is 18.2 Å². The average molecular weight is 282 g/mol. The van der Waals surface area contributed by atoms with E-state index in [0.717, 1.165) is 4.47 Å². The van der Waals surface area contributed by atoms with Crippen LogP contribution in [0.25, 0.3) is 0 Å². The predicted molar refractivity (Wildman–Crippen MR) is 57.2 cm³/mol. The van der Waals surface area contributed by atoms with Crippen molar-refractivity contribution < 1.29 is 15.3 Å². The molecule has 78 valence electrons. The molecule has 0 aliphatic rings. The third-order valence-corrected chi connectivity index (χ3v) is 2.65. The summed E-state index contributed by atoms with van der Waals surface area (Å²) < 4.78 is 0.789. The summed E-state index contributed by atoms with van der Waals surface area (Å²) in [7, 11) is 0. The van der Waals surface area contributed by atoms with Crippen molar-refractivity contribution in [3.05, 3.63) is 33.3 Å². The van der Waals surface area contributed by atoms with Crippen molar-refractivity contribution in [2.24, 2.45) is 0 Å². The lowest BCUT2D eigenvalue weighted by molar-refractivity contribution is -0.0152. The standard InChI is InChI=1S/C9H10BrClO3/c10-5-1-2-6(7(11)3-5)9(14)8(13)4-12/h1-3,8-9,12-14H,4H2. The monoisotopic (exact) mass is 280 g/mol. The van der Waals surface area contributed by atoms with Crippen LogP contribution in [0, 0.1) is 0 Å². The van der Waals surface area contributed by atoms with Gasteiger partial charge in [-0.3, -0.25) is 0 Å². The molecule has 0 radical (unpaired) electrons. The zero-order chi connectivity index (χ0) is 10.7. The molecular weight excluding hydrogens is 271 g/mol. The molecule has 1 aromatic rings. The second kappa shape index (κ2) is 5.09. The van der Waals surface area contributed by atoms with Crippen LogP contribution in [0.4, 0.5) is 0 Å². The Morgan fingerprint density at radius 3 is 2.50 bits per heavy atom. The summed E-state index contributed by atoms with van der Waals surface area (Å²) in [5.41, 5.74) is 0.399. The molecule has 0 aliphatic heterocycles. The van der Waals surface area contributed by atoms with Gasteiger partial charge in [-0.2, -0.15) is 0 Å². The molecule has 1 aromatic carbocycles. The molecule has 0 amide bonds. The van der Waals surface area contributed by atoms with E-state index in [1.165, 1.54) is 0 Å². The molecule has 0 aliphatic carbocycles.